The zero-order valence-corrected chi connectivity index (χ0v) is 14.4. The molecule has 23 heavy (non-hydrogen) atoms. The minimum Gasteiger partial charge on any atom is -0.399 e. The minimum absolute atomic E-state index is 0.0616. The molecule has 1 aliphatic rings. The molecule has 1 aromatic rings. The second-order valence-corrected chi connectivity index (χ2v) is 6.47. The smallest absolute Gasteiger partial charge is 0.254 e. The number of amides is 2. The molecule has 0 unspecified atom stereocenters. The Kier molecular flexibility index (Phi) is 5.26. The van der Waals surface area contributed by atoms with Gasteiger partial charge in [0, 0.05) is 63.1 Å². The van der Waals surface area contributed by atoms with Gasteiger partial charge in [0.25, 0.3) is 11.8 Å². The van der Waals surface area contributed by atoms with E-state index in [0.29, 0.717) is 35.9 Å². The van der Waals surface area contributed by atoms with Gasteiger partial charge in [0.2, 0.25) is 0 Å². The van der Waals surface area contributed by atoms with Crippen LogP contribution in [0.5, 0.6) is 0 Å². The van der Waals surface area contributed by atoms with Crippen molar-refractivity contribution in [1.29, 1.82) is 0 Å². The lowest BCUT2D eigenvalue weighted by atomic mass is 10.1. The predicted octanol–water partition coefficient (Wildman–Crippen LogP) is 1.14. The molecule has 0 saturated carbocycles. The van der Waals surface area contributed by atoms with Crippen LogP contribution in [0.25, 0.3) is 0 Å². The van der Waals surface area contributed by atoms with Crippen LogP contribution in [0, 0.1) is 0 Å². The lowest BCUT2D eigenvalue weighted by Crippen LogP contribution is -2.50. The Morgan fingerprint density at radius 3 is 2.13 bits per heavy atom. The number of hydrogen-bond acceptors (Lipinski definition) is 4. The molecule has 1 heterocycles. The number of carbonyl (C=O) groups excluding carboxylic acids is 2. The van der Waals surface area contributed by atoms with Gasteiger partial charge in [-0.15, -0.1) is 0 Å². The monoisotopic (exact) mass is 318 g/mol. The summed E-state index contributed by atoms with van der Waals surface area (Å²) >= 11 is 0. The lowest BCUT2D eigenvalue weighted by Gasteiger charge is -2.37. The molecule has 1 aliphatic heterocycles. The minimum atomic E-state index is -0.157. The Morgan fingerprint density at radius 2 is 1.61 bits per heavy atom. The molecule has 1 fully saturated rings. The van der Waals surface area contributed by atoms with Crippen LogP contribution in [0.2, 0.25) is 0 Å². The third kappa shape index (κ3) is 4.01. The molecule has 0 bridgehead atoms. The van der Waals surface area contributed by atoms with Crippen LogP contribution in [-0.4, -0.2) is 72.8 Å². The van der Waals surface area contributed by atoms with E-state index in [1.54, 1.807) is 32.3 Å². The van der Waals surface area contributed by atoms with E-state index in [4.69, 9.17) is 5.73 Å². The molecule has 2 rings (SSSR count). The van der Waals surface area contributed by atoms with Crippen LogP contribution in [0.1, 0.15) is 34.6 Å². The van der Waals surface area contributed by atoms with Gasteiger partial charge in [0.1, 0.15) is 0 Å². The number of carbonyl (C=O) groups is 2. The van der Waals surface area contributed by atoms with Gasteiger partial charge in [0.05, 0.1) is 0 Å². The third-order valence-electron chi connectivity index (χ3n) is 4.19. The summed E-state index contributed by atoms with van der Waals surface area (Å²) < 4.78 is 0. The van der Waals surface area contributed by atoms with Gasteiger partial charge in [-0.2, -0.15) is 0 Å². The van der Waals surface area contributed by atoms with E-state index >= 15 is 0 Å². The Labute approximate surface area is 137 Å². The molecule has 2 N–H and O–H groups in total. The van der Waals surface area contributed by atoms with Crippen molar-refractivity contribution in [3.05, 3.63) is 29.3 Å². The third-order valence-corrected chi connectivity index (χ3v) is 4.19. The first kappa shape index (κ1) is 17.3. The first-order valence-corrected chi connectivity index (χ1v) is 7.95. The molecule has 0 atom stereocenters. The summed E-state index contributed by atoms with van der Waals surface area (Å²) in [5.41, 5.74) is 7.23. The van der Waals surface area contributed by atoms with Crippen molar-refractivity contribution in [2.45, 2.75) is 19.9 Å². The number of nitrogen functional groups attached to an aromatic ring is 1. The van der Waals surface area contributed by atoms with Crippen molar-refractivity contribution in [1.82, 2.24) is 14.7 Å². The highest BCUT2D eigenvalue weighted by atomic mass is 16.2. The van der Waals surface area contributed by atoms with Crippen molar-refractivity contribution < 1.29 is 9.59 Å². The highest BCUT2D eigenvalue weighted by molar-refractivity contribution is 6.00. The second-order valence-electron chi connectivity index (χ2n) is 6.47. The Balaban J connectivity index is 2.15. The molecule has 126 valence electrons. The Morgan fingerprint density at radius 1 is 1.04 bits per heavy atom. The normalized spacial score (nSPS) is 15.8. The zero-order chi connectivity index (χ0) is 17.1. The van der Waals surface area contributed by atoms with Crippen molar-refractivity contribution in [3.8, 4) is 0 Å². The quantitative estimate of drug-likeness (QED) is 0.849. The highest BCUT2D eigenvalue weighted by Gasteiger charge is 2.24. The van der Waals surface area contributed by atoms with E-state index < -0.39 is 0 Å². The number of nitrogens with two attached hydrogens (primary N) is 1. The molecule has 6 nitrogen and oxygen atoms in total. The van der Waals surface area contributed by atoms with E-state index in [-0.39, 0.29) is 11.8 Å². The fourth-order valence-electron chi connectivity index (χ4n) is 2.78. The summed E-state index contributed by atoms with van der Waals surface area (Å²) in [6.45, 7) is 7.46. The number of nitrogens with zero attached hydrogens (tertiary/aromatic N) is 3. The van der Waals surface area contributed by atoms with Gasteiger partial charge in [0.15, 0.2) is 0 Å². The van der Waals surface area contributed by atoms with Crippen LogP contribution >= 0.6 is 0 Å². The Bertz CT molecular complexity index is 590. The number of hydrogen-bond donors (Lipinski definition) is 1. The number of rotatable bonds is 3. The lowest BCUT2D eigenvalue weighted by molar-refractivity contribution is 0.0595. The molecule has 0 aromatic heterocycles. The fraction of sp³-hybridized carbons (Fsp3) is 0.529. The zero-order valence-electron chi connectivity index (χ0n) is 14.4. The first-order chi connectivity index (χ1) is 10.8. The van der Waals surface area contributed by atoms with E-state index in [1.807, 2.05) is 4.90 Å². The van der Waals surface area contributed by atoms with E-state index in [9.17, 15) is 9.59 Å². The fourth-order valence-corrected chi connectivity index (χ4v) is 2.78. The standard InChI is InChI=1S/C17H26N4O2/c1-12(2)20-5-7-21(8-6-20)17(23)14-9-13(10-15(18)11-14)16(22)19(3)4/h9-12H,5-8,18H2,1-4H3. The van der Waals surface area contributed by atoms with Crippen molar-refractivity contribution in [3.63, 3.8) is 0 Å². The highest BCUT2D eigenvalue weighted by Crippen LogP contribution is 2.17. The first-order valence-electron chi connectivity index (χ1n) is 7.95. The van der Waals surface area contributed by atoms with Gasteiger partial charge in [-0.1, -0.05) is 0 Å². The van der Waals surface area contributed by atoms with Gasteiger partial charge in [-0.05, 0) is 32.0 Å². The van der Waals surface area contributed by atoms with E-state index in [0.717, 1.165) is 13.1 Å². The molecule has 0 spiro atoms. The van der Waals surface area contributed by atoms with Crippen molar-refractivity contribution >= 4 is 17.5 Å². The molecule has 0 radical (unpaired) electrons. The number of anilines is 1. The SMILES string of the molecule is CC(C)N1CCN(C(=O)c2cc(N)cc(C(=O)N(C)C)c2)CC1. The number of benzene rings is 1. The maximum atomic E-state index is 12.7. The maximum absolute atomic E-state index is 12.7. The van der Waals surface area contributed by atoms with Gasteiger partial charge in [-0.3, -0.25) is 14.5 Å². The Hall–Kier alpha value is -2.08. The van der Waals surface area contributed by atoms with Crippen molar-refractivity contribution in [2.24, 2.45) is 0 Å². The predicted molar refractivity (Wildman–Crippen MR) is 91.5 cm³/mol. The average molecular weight is 318 g/mol. The van der Waals surface area contributed by atoms with Crippen LogP contribution in [0.4, 0.5) is 5.69 Å². The summed E-state index contributed by atoms with van der Waals surface area (Å²) in [7, 11) is 3.36. The molecule has 1 aromatic carbocycles. The molecule has 1 saturated heterocycles. The second kappa shape index (κ2) is 7.00. The summed E-state index contributed by atoms with van der Waals surface area (Å²) in [6.07, 6.45) is 0. The van der Waals surface area contributed by atoms with Crippen LogP contribution in [0.3, 0.4) is 0 Å². The molecule has 6 heteroatoms. The molecular weight excluding hydrogens is 292 g/mol. The average Bonchev–Trinajstić information content (AvgIpc) is 2.52. The topological polar surface area (TPSA) is 69.9 Å². The van der Waals surface area contributed by atoms with Crippen LogP contribution < -0.4 is 5.73 Å². The van der Waals surface area contributed by atoms with Crippen LogP contribution in [-0.2, 0) is 0 Å². The largest absolute Gasteiger partial charge is 0.399 e. The molecular formula is C17H26N4O2. The van der Waals surface area contributed by atoms with Crippen LogP contribution in [0.15, 0.2) is 18.2 Å². The maximum Gasteiger partial charge on any atom is 0.254 e. The van der Waals surface area contributed by atoms with E-state index in [1.165, 1.54) is 4.90 Å². The summed E-state index contributed by atoms with van der Waals surface area (Å²) in [4.78, 5) is 30.5. The summed E-state index contributed by atoms with van der Waals surface area (Å²) in [5, 5.41) is 0. The van der Waals surface area contributed by atoms with Gasteiger partial charge in [-0.25, -0.2) is 0 Å². The van der Waals surface area contributed by atoms with Gasteiger partial charge >= 0.3 is 0 Å². The summed E-state index contributed by atoms with van der Waals surface area (Å²) in [5.74, 6) is -0.218. The molecule has 0 aliphatic carbocycles. The van der Waals surface area contributed by atoms with E-state index in [2.05, 4.69) is 18.7 Å². The van der Waals surface area contributed by atoms with Crippen molar-refractivity contribution in [2.75, 3.05) is 46.0 Å². The van der Waals surface area contributed by atoms with Gasteiger partial charge < -0.3 is 15.5 Å². The summed E-state index contributed by atoms with van der Waals surface area (Å²) in [6, 6.07) is 5.37. The number of piperazine rings is 1. The molecule has 2 amide bonds.